The number of rotatable bonds is 2. The molecule has 2 atom stereocenters. The van der Waals surface area contributed by atoms with Crippen LogP contribution in [0.4, 0.5) is 4.39 Å². The molecule has 1 aromatic carbocycles. The molecule has 1 aliphatic rings. The van der Waals surface area contributed by atoms with Gasteiger partial charge in [0.25, 0.3) is 5.91 Å². The molecule has 0 heterocycles. The Balaban J connectivity index is 2.18. The normalized spacial score (nSPS) is 23.1. The van der Waals surface area contributed by atoms with Crippen molar-refractivity contribution in [2.45, 2.75) is 36.6 Å². The Morgan fingerprint density at radius 2 is 2.11 bits per heavy atom. The highest BCUT2D eigenvalue weighted by Gasteiger charge is 2.30. The molecule has 1 aromatic rings. The molecule has 5 heteroatoms. The number of aromatic hydroxyl groups is 1. The maximum absolute atomic E-state index is 13.7. The SMILES string of the molecule is CN(C(=O)c1ccc(O)cc1F)C1CCCCC1Br. The molecule has 0 saturated heterocycles. The zero-order chi connectivity index (χ0) is 14.0. The van der Waals surface area contributed by atoms with Gasteiger partial charge in [0.05, 0.1) is 5.56 Å². The van der Waals surface area contributed by atoms with Crippen LogP contribution in [0.1, 0.15) is 36.0 Å². The Hall–Kier alpha value is -1.10. The molecule has 3 nitrogen and oxygen atoms in total. The fourth-order valence-corrected chi connectivity index (χ4v) is 3.46. The van der Waals surface area contributed by atoms with Gasteiger partial charge in [0.15, 0.2) is 0 Å². The maximum Gasteiger partial charge on any atom is 0.256 e. The quantitative estimate of drug-likeness (QED) is 0.845. The first kappa shape index (κ1) is 14.3. The van der Waals surface area contributed by atoms with Crippen LogP contribution in [0.3, 0.4) is 0 Å². The van der Waals surface area contributed by atoms with Gasteiger partial charge in [0.1, 0.15) is 11.6 Å². The van der Waals surface area contributed by atoms with Gasteiger partial charge >= 0.3 is 0 Å². The standard InChI is InChI=1S/C14H17BrFNO2/c1-17(13-5-3-2-4-11(13)15)14(19)10-7-6-9(18)8-12(10)16/h6-8,11,13,18H,2-5H2,1H3. The van der Waals surface area contributed by atoms with Crippen molar-refractivity contribution in [2.75, 3.05) is 7.05 Å². The summed E-state index contributed by atoms with van der Waals surface area (Å²) in [4.78, 5) is 14.2. The Morgan fingerprint density at radius 3 is 2.74 bits per heavy atom. The van der Waals surface area contributed by atoms with E-state index in [1.165, 1.54) is 12.1 Å². The first-order valence-corrected chi connectivity index (χ1v) is 7.32. The minimum Gasteiger partial charge on any atom is -0.508 e. The summed E-state index contributed by atoms with van der Waals surface area (Å²) >= 11 is 3.60. The van der Waals surface area contributed by atoms with Gasteiger partial charge in [-0.2, -0.15) is 0 Å². The number of hydrogen-bond donors (Lipinski definition) is 1. The number of carbonyl (C=O) groups is 1. The summed E-state index contributed by atoms with van der Waals surface area (Å²) in [6.45, 7) is 0. The highest BCUT2D eigenvalue weighted by atomic mass is 79.9. The van der Waals surface area contributed by atoms with Gasteiger partial charge < -0.3 is 10.0 Å². The summed E-state index contributed by atoms with van der Waals surface area (Å²) in [5.41, 5.74) is 0.00516. The molecule has 1 fully saturated rings. The van der Waals surface area contributed by atoms with E-state index in [2.05, 4.69) is 15.9 Å². The number of benzene rings is 1. The lowest BCUT2D eigenvalue weighted by molar-refractivity contribution is 0.0700. The zero-order valence-corrected chi connectivity index (χ0v) is 12.4. The molecule has 1 N–H and O–H groups in total. The van der Waals surface area contributed by atoms with Gasteiger partial charge in [-0.05, 0) is 25.0 Å². The van der Waals surface area contributed by atoms with Crippen LogP contribution < -0.4 is 0 Å². The van der Waals surface area contributed by atoms with Gasteiger partial charge in [-0.1, -0.05) is 28.8 Å². The van der Waals surface area contributed by atoms with Gasteiger partial charge in [-0.15, -0.1) is 0 Å². The number of halogens is 2. The first-order valence-electron chi connectivity index (χ1n) is 6.40. The van der Waals surface area contributed by atoms with Crippen LogP contribution in [0, 0.1) is 5.82 Å². The number of alkyl halides is 1. The van der Waals surface area contributed by atoms with E-state index < -0.39 is 5.82 Å². The van der Waals surface area contributed by atoms with Crippen molar-refractivity contribution in [3.8, 4) is 5.75 Å². The van der Waals surface area contributed by atoms with Crippen molar-refractivity contribution < 1.29 is 14.3 Å². The highest BCUT2D eigenvalue weighted by molar-refractivity contribution is 9.09. The molecule has 0 spiro atoms. The molecule has 1 saturated carbocycles. The number of nitrogens with zero attached hydrogens (tertiary/aromatic N) is 1. The van der Waals surface area contributed by atoms with Crippen molar-refractivity contribution in [1.82, 2.24) is 4.90 Å². The maximum atomic E-state index is 13.7. The molecule has 1 aliphatic carbocycles. The predicted molar refractivity (Wildman–Crippen MR) is 75.1 cm³/mol. The van der Waals surface area contributed by atoms with Gasteiger partial charge in [0, 0.05) is 24.0 Å². The summed E-state index contributed by atoms with van der Waals surface area (Å²) in [6.07, 6.45) is 4.20. The van der Waals surface area contributed by atoms with E-state index >= 15 is 0 Å². The topological polar surface area (TPSA) is 40.5 Å². The van der Waals surface area contributed by atoms with Crippen LogP contribution in [0.15, 0.2) is 18.2 Å². The molecule has 0 aromatic heterocycles. The molecule has 0 aliphatic heterocycles. The molecule has 2 rings (SSSR count). The summed E-state index contributed by atoms with van der Waals surface area (Å²) in [6, 6.07) is 3.72. The fourth-order valence-electron chi connectivity index (χ4n) is 2.52. The fraction of sp³-hybridized carbons (Fsp3) is 0.500. The van der Waals surface area contributed by atoms with Crippen LogP contribution >= 0.6 is 15.9 Å². The van der Waals surface area contributed by atoms with Crippen molar-refractivity contribution in [2.24, 2.45) is 0 Å². The van der Waals surface area contributed by atoms with E-state index in [1.54, 1.807) is 11.9 Å². The zero-order valence-electron chi connectivity index (χ0n) is 10.8. The van der Waals surface area contributed by atoms with Crippen molar-refractivity contribution in [1.29, 1.82) is 0 Å². The van der Waals surface area contributed by atoms with Gasteiger partial charge in [0.2, 0.25) is 0 Å². The Morgan fingerprint density at radius 1 is 1.42 bits per heavy atom. The Bertz CT molecular complexity index is 481. The van der Waals surface area contributed by atoms with Crippen LogP contribution in [0.5, 0.6) is 5.75 Å². The molecule has 0 bridgehead atoms. The molecule has 104 valence electrons. The molecule has 2 unspecified atom stereocenters. The van der Waals surface area contributed by atoms with Crippen LogP contribution in [-0.4, -0.2) is 33.8 Å². The Labute approximate surface area is 120 Å². The van der Waals surface area contributed by atoms with Crippen LogP contribution in [0.2, 0.25) is 0 Å². The number of phenolic OH excluding ortho intramolecular Hbond substituents is 1. The van der Waals surface area contributed by atoms with E-state index in [-0.39, 0.29) is 28.1 Å². The summed E-state index contributed by atoms with van der Waals surface area (Å²) in [5, 5.41) is 9.18. The summed E-state index contributed by atoms with van der Waals surface area (Å²) in [5.74, 6) is -1.19. The lowest BCUT2D eigenvalue weighted by Crippen LogP contribution is -2.44. The number of amides is 1. The minimum absolute atomic E-state index is 0.00516. The number of carbonyl (C=O) groups excluding carboxylic acids is 1. The highest BCUT2D eigenvalue weighted by Crippen LogP contribution is 2.29. The minimum atomic E-state index is -0.682. The second-order valence-corrected chi connectivity index (χ2v) is 6.12. The molecule has 0 radical (unpaired) electrons. The largest absolute Gasteiger partial charge is 0.508 e. The third kappa shape index (κ3) is 3.08. The van der Waals surface area contributed by atoms with E-state index in [0.29, 0.717) is 0 Å². The van der Waals surface area contributed by atoms with Crippen molar-refractivity contribution in [3.63, 3.8) is 0 Å². The second-order valence-electron chi connectivity index (χ2n) is 4.95. The van der Waals surface area contributed by atoms with E-state index in [9.17, 15) is 14.3 Å². The van der Waals surface area contributed by atoms with Gasteiger partial charge in [-0.3, -0.25) is 4.79 Å². The molecule has 19 heavy (non-hydrogen) atoms. The number of hydrogen-bond acceptors (Lipinski definition) is 2. The average Bonchev–Trinajstić information content (AvgIpc) is 2.38. The third-order valence-corrected chi connectivity index (χ3v) is 4.72. The van der Waals surface area contributed by atoms with Crippen molar-refractivity contribution >= 4 is 21.8 Å². The number of phenols is 1. The molecular weight excluding hydrogens is 313 g/mol. The predicted octanol–water partition coefficient (Wildman–Crippen LogP) is 3.31. The van der Waals surface area contributed by atoms with Crippen LogP contribution in [-0.2, 0) is 0 Å². The third-order valence-electron chi connectivity index (χ3n) is 3.65. The van der Waals surface area contributed by atoms with Crippen LogP contribution in [0.25, 0.3) is 0 Å². The van der Waals surface area contributed by atoms with Gasteiger partial charge in [-0.25, -0.2) is 4.39 Å². The smallest absolute Gasteiger partial charge is 0.256 e. The van der Waals surface area contributed by atoms with E-state index in [4.69, 9.17) is 0 Å². The lowest BCUT2D eigenvalue weighted by Gasteiger charge is -2.35. The first-order chi connectivity index (χ1) is 9.00. The lowest BCUT2D eigenvalue weighted by atomic mass is 9.94. The van der Waals surface area contributed by atoms with Crippen molar-refractivity contribution in [3.05, 3.63) is 29.6 Å². The summed E-state index contributed by atoms with van der Waals surface area (Å²) < 4.78 is 13.7. The van der Waals surface area contributed by atoms with E-state index in [0.717, 1.165) is 31.7 Å². The summed E-state index contributed by atoms with van der Waals surface area (Å²) in [7, 11) is 1.71. The average molecular weight is 330 g/mol. The van der Waals surface area contributed by atoms with E-state index in [1.807, 2.05) is 0 Å². The second kappa shape index (κ2) is 5.90. The molecule has 1 amide bonds. The monoisotopic (exact) mass is 329 g/mol. The molecular formula is C14H17BrFNO2. The Kier molecular flexibility index (Phi) is 4.45.